The lowest BCUT2D eigenvalue weighted by molar-refractivity contribution is 0.0342. The molecule has 5 rings (SSSR count). The Morgan fingerprint density at radius 1 is 1.30 bits per heavy atom. The Balaban J connectivity index is 1.48. The fourth-order valence-electron chi connectivity index (χ4n) is 4.29. The first-order valence-electron chi connectivity index (χ1n) is 8.62. The van der Waals surface area contributed by atoms with Gasteiger partial charge in [-0.2, -0.15) is 0 Å². The van der Waals surface area contributed by atoms with Crippen LogP contribution in [-0.4, -0.2) is 37.7 Å². The molecule has 0 amide bonds. The van der Waals surface area contributed by atoms with E-state index in [9.17, 15) is 0 Å². The molecule has 3 atom stereocenters. The van der Waals surface area contributed by atoms with Gasteiger partial charge in [0.25, 0.3) is 0 Å². The van der Waals surface area contributed by atoms with E-state index in [1.807, 2.05) is 13.4 Å². The molecule has 3 aliphatic rings. The maximum Gasteiger partial charge on any atom is 0.134 e. The van der Waals surface area contributed by atoms with Gasteiger partial charge in [0.15, 0.2) is 0 Å². The number of piperidine rings is 1. The lowest BCUT2D eigenvalue weighted by atomic mass is 9.78. The summed E-state index contributed by atoms with van der Waals surface area (Å²) in [6, 6.07) is 6.97. The van der Waals surface area contributed by atoms with Gasteiger partial charge in [0.05, 0.1) is 12.9 Å². The molecule has 0 saturated carbocycles. The van der Waals surface area contributed by atoms with Crippen LogP contribution in [-0.2, 0) is 11.2 Å². The van der Waals surface area contributed by atoms with Gasteiger partial charge in [-0.1, -0.05) is 23.8 Å². The molecule has 0 radical (unpaired) electrons. The molecular formula is C20H25NO2. The number of hydrogen-bond acceptors (Lipinski definition) is 3. The first-order valence-corrected chi connectivity index (χ1v) is 8.62. The van der Waals surface area contributed by atoms with E-state index < -0.39 is 0 Å². The van der Waals surface area contributed by atoms with E-state index in [-0.39, 0.29) is 0 Å². The van der Waals surface area contributed by atoms with Gasteiger partial charge in [0.2, 0.25) is 0 Å². The van der Waals surface area contributed by atoms with Crippen LogP contribution in [0.15, 0.2) is 41.0 Å². The van der Waals surface area contributed by atoms with Gasteiger partial charge in [0, 0.05) is 37.5 Å². The Kier molecular flexibility index (Phi) is 4.00. The highest BCUT2D eigenvalue weighted by Gasteiger charge is 2.36. The van der Waals surface area contributed by atoms with Gasteiger partial charge >= 0.3 is 0 Å². The Morgan fingerprint density at radius 2 is 2.22 bits per heavy atom. The number of rotatable bonds is 5. The van der Waals surface area contributed by atoms with Crippen LogP contribution >= 0.6 is 0 Å². The fraction of sp³-hybridized carbons (Fsp3) is 0.500. The van der Waals surface area contributed by atoms with Gasteiger partial charge in [0.1, 0.15) is 5.58 Å². The summed E-state index contributed by atoms with van der Waals surface area (Å²) in [6.07, 6.45) is 9.07. The Hall–Kier alpha value is -1.58. The summed E-state index contributed by atoms with van der Waals surface area (Å²) >= 11 is 0. The number of nitrogens with zero attached hydrogens (tertiary/aromatic N) is 1. The number of ether oxygens (including phenoxy) is 1. The van der Waals surface area contributed by atoms with Crippen LogP contribution in [0.5, 0.6) is 0 Å². The van der Waals surface area contributed by atoms with E-state index in [0.717, 1.165) is 25.2 Å². The van der Waals surface area contributed by atoms with Gasteiger partial charge in [-0.05, 0) is 43.4 Å². The molecular weight excluding hydrogens is 286 g/mol. The van der Waals surface area contributed by atoms with E-state index >= 15 is 0 Å². The highest BCUT2D eigenvalue weighted by Crippen LogP contribution is 2.34. The summed E-state index contributed by atoms with van der Waals surface area (Å²) in [5.74, 6) is 1.34. The second kappa shape index (κ2) is 6.14. The normalized spacial score (nSPS) is 27.1. The molecule has 23 heavy (non-hydrogen) atoms. The molecule has 3 unspecified atom stereocenters. The van der Waals surface area contributed by atoms with Gasteiger partial charge < -0.3 is 9.15 Å². The largest absolute Gasteiger partial charge is 0.464 e. The third-order valence-electron chi connectivity index (χ3n) is 5.42. The second-order valence-electron chi connectivity index (χ2n) is 7.09. The summed E-state index contributed by atoms with van der Waals surface area (Å²) in [7, 11) is 1.82. The van der Waals surface area contributed by atoms with Crippen LogP contribution in [0.2, 0.25) is 0 Å². The fourth-order valence-corrected chi connectivity index (χ4v) is 4.29. The monoisotopic (exact) mass is 311 g/mol. The predicted octanol–water partition coefficient (Wildman–Crippen LogP) is 3.81. The average Bonchev–Trinajstić information content (AvgIpc) is 2.96. The zero-order chi connectivity index (χ0) is 15.8. The third kappa shape index (κ3) is 2.84. The minimum atomic E-state index is 0.542. The Bertz CT molecular complexity index is 718. The van der Waals surface area contributed by atoms with Crippen molar-refractivity contribution in [3.05, 3.63) is 47.7 Å². The number of benzene rings is 1. The highest BCUT2D eigenvalue weighted by molar-refractivity contribution is 5.81. The Labute approximate surface area is 137 Å². The third-order valence-corrected chi connectivity index (χ3v) is 5.42. The predicted molar refractivity (Wildman–Crippen MR) is 92.6 cm³/mol. The number of aryl methyl sites for hydroxylation is 1. The van der Waals surface area contributed by atoms with Crippen molar-refractivity contribution in [3.63, 3.8) is 0 Å². The molecule has 1 aliphatic carbocycles. The molecule has 0 spiro atoms. The standard InChI is InChI=1S/C20H25NO2/c1-14-3-6-20-18(9-14)16(13-23-20)7-8-21-11-15-4-5-19(21)17(10-15)12-22-2/h3-6,9,13,15,17,19H,7-8,10-12H2,1-2H3. The molecule has 2 aliphatic heterocycles. The Morgan fingerprint density at radius 3 is 3.04 bits per heavy atom. The van der Waals surface area contributed by atoms with Crippen LogP contribution < -0.4 is 0 Å². The van der Waals surface area contributed by atoms with E-state index in [4.69, 9.17) is 9.15 Å². The van der Waals surface area contributed by atoms with Crippen molar-refractivity contribution in [1.82, 2.24) is 4.90 Å². The van der Waals surface area contributed by atoms with Crippen LogP contribution in [0.4, 0.5) is 0 Å². The lowest BCUT2D eigenvalue weighted by Gasteiger charge is -2.46. The number of methoxy groups -OCH3 is 1. The molecule has 3 heterocycles. The summed E-state index contributed by atoms with van der Waals surface area (Å²) < 4.78 is 11.1. The second-order valence-corrected chi connectivity index (χ2v) is 7.09. The molecule has 3 nitrogen and oxygen atoms in total. The van der Waals surface area contributed by atoms with Crippen molar-refractivity contribution in [2.24, 2.45) is 11.8 Å². The van der Waals surface area contributed by atoms with E-state index in [1.165, 1.54) is 29.5 Å². The lowest BCUT2D eigenvalue weighted by Crippen LogP contribution is -2.52. The zero-order valence-electron chi connectivity index (χ0n) is 14.0. The first-order chi connectivity index (χ1) is 11.2. The van der Waals surface area contributed by atoms with Gasteiger partial charge in [-0.15, -0.1) is 0 Å². The summed E-state index contributed by atoms with van der Waals surface area (Å²) in [5, 5.41) is 1.27. The molecule has 1 saturated heterocycles. The molecule has 1 fully saturated rings. The van der Waals surface area contributed by atoms with Crippen molar-refractivity contribution in [2.45, 2.75) is 25.8 Å². The number of furan rings is 1. The first kappa shape index (κ1) is 15.0. The summed E-state index contributed by atoms with van der Waals surface area (Å²) in [4.78, 5) is 2.63. The van der Waals surface area contributed by atoms with E-state index in [0.29, 0.717) is 17.9 Å². The summed E-state index contributed by atoms with van der Waals surface area (Å²) in [5.41, 5.74) is 3.63. The molecule has 122 valence electrons. The van der Waals surface area contributed by atoms with Crippen LogP contribution in [0, 0.1) is 18.8 Å². The van der Waals surface area contributed by atoms with Gasteiger partial charge in [-0.25, -0.2) is 0 Å². The average molecular weight is 311 g/mol. The minimum absolute atomic E-state index is 0.542. The van der Waals surface area contributed by atoms with E-state index in [2.05, 4.69) is 42.2 Å². The van der Waals surface area contributed by atoms with Crippen LogP contribution in [0.1, 0.15) is 17.5 Å². The summed E-state index contributed by atoms with van der Waals surface area (Å²) in [6.45, 7) is 5.29. The van der Waals surface area contributed by atoms with Crippen molar-refractivity contribution in [3.8, 4) is 0 Å². The van der Waals surface area contributed by atoms with Crippen molar-refractivity contribution in [2.75, 3.05) is 26.8 Å². The highest BCUT2D eigenvalue weighted by atomic mass is 16.5. The molecule has 2 bridgehead atoms. The molecule has 1 aromatic heterocycles. The van der Waals surface area contributed by atoms with E-state index in [1.54, 1.807) is 0 Å². The van der Waals surface area contributed by atoms with Crippen LogP contribution in [0.3, 0.4) is 0 Å². The SMILES string of the molecule is COCC1CC2C=CC1N(CCc1coc3ccc(C)cc13)C2. The minimum Gasteiger partial charge on any atom is -0.464 e. The van der Waals surface area contributed by atoms with Crippen molar-refractivity contribution < 1.29 is 9.15 Å². The van der Waals surface area contributed by atoms with Gasteiger partial charge in [-0.3, -0.25) is 4.90 Å². The van der Waals surface area contributed by atoms with Crippen LogP contribution in [0.25, 0.3) is 11.0 Å². The molecule has 0 N–H and O–H groups in total. The molecule has 1 aromatic carbocycles. The number of fused-ring (bicyclic) bond motifs is 3. The van der Waals surface area contributed by atoms with Crippen molar-refractivity contribution in [1.29, 1.82) is 0 Å². The van der Waals surface area contributed by atoms with Crippen molar-refractivity contribution >= 4 is 11.0 Å². The zero-order valence-corrected chi connectivity index (χ0v) is 14.0. The number of hydrogen-bond donors (Lipinski definition) is 0. The maximum atomic E-state index is 5.71. The maximum absolute atomic E-state index is 5.71. The molecule has 2 aromatic rings. The quantitative estimate of drug-likeness (QED) is 0.785. The smallest absolute Gasteiger partial charge is 0.134 e. The molecule has 3 heteroatoms. The topological polar surface area (TPSA) is 25.6 Å².